The molecular formula is C26H31ClFN5O3. The predicted octanol–water partition coefficient (Wildman–Crippen LogP) is 4.12. The Hall–Kier alpha value is -2.91. The van der Waals surface area contributed by atoms with Crippen LogP contribution in [0.5, 0.6) is 0 Å². The van der Waals surface area contributed by atoms with Crippen LogP contribution in [0.4, 0.5) is 15.9 Å². The highest BCUT2D eigenvalue weighted by molar-refractivity contribution is 6.31. The van der Waals surface area contributed by atoms with Gasteiger partial charge in [-0.25, -0.2) is 9.18 Å². The van der Waals surface area contributed by atoms with Crippen molar-refractivity contribution >= 4 is 35.0 Å². The van der Waals surface area contributed by atoms with E-state index in [0.29, 0.717) is 34.9 Å². The molecule has 0 saturated heterocycles. The molecule has 2 heterocycles. The van der Waals surface area contributed by atoms with Gasteiger partial charge in [-0.15, -0.1) is 0 Å². The van der Waals surface area contributed by atoms with E-state index in [1.54, 1.807) is 11.7 Å². The SMILES string of the molecule is COC(=O)C1=CCN(C2CC3CC(c4nn(C)c(N)c4C(=O)Nc4ccc(F)c(Cl)c4)CC3C2)CC1. The van der Waals surface area contributed by atoms with E-state index in [4.69, 9.17) is 22.1 Å². The summed E-state index contributed by atoms with van der Waals surface area (Å²) in [5.41, 5.74) is 8.56. The number of amides is 1. The number of nitrogens with two attached hydrogens (primary N) is 1. The monoisotopic (exact) mass is 515 g/mol. The van der Waals surface area contributed by atoms with Crippen LogP contribution in [-0.4, -0.2) is 52.8 Å². The molecule has 8 nitrogen and oxygen atoms in total. The lowest BCUT2D eigenvalue weighted by Gasteiger charge is -2.32. The van der Waals surface area contributed by atoms with Crippen LogP contribution >= 0.6 is 11.6 Å². The van der Waals surface area contributed by atoms with Crippen molar-refractivity contribution in [3.05, 3.63) is 51.9 Å². The molecule has 0 spiro atoms. The maximum atomic E-state index is 13.5. The fourth-order valence-corrected chi connectivity index (χ4v) is 6.46. The number of rotatable bonds is 5. The molecule has 36 heavy (non-hydrogen) atoms. The molecule has 2 fully saturated rings. The molecule has 2 unspecified atom stereocenters. The second-order valence-electron chi connectivity index (χ2n) is 10.1. The normalized spacial score (nSPS) is 25.9. The topological polar surface area (TPSA) is 102 Å². The highest BCUT2D eigenvalue weighted by Gasteiger charge is 2.45. The van der Waals surface area contributed by atoms with Crippen molar-refractivity contribution in [2.24, 2.45) is 18.9 Å². The molecule has 192 valence electrons. The molecule has 1 amide bonds. The van der Waals surface area contributed by atoms with E-state index in [-0.39, 0.29) is 22.8 Å². The summed E-state index contributed by atoms with van der Waals surface area (Å²) in [6.45, 7) is 1.66. The van der Waals surface area contributed by atoms with Crippen molar-refractivity contribution in [2.75, 3.05) is 31.2 Å². The van der Waals surface area contributed by atoms with Gasteiger partial charge in [-0.3, -0.25) is 14.4 Å². The molecule has 3 N–H and O–H groups in total. The van der Waals surface area contributed by atoms with Crippen LogP contribution in [0.3, 0.4) is 0 Å². The molecule has 10 heteroatoms. The molecule has 1 aromatic carbocycles. The smallest absolute Gasteiger partial charge is 0.333 e. The molecule has 1 aliphatic heterocycles. The van der Waals surface area contributed by atoms with Crippen molar-refractivity contribution in [2.45, 2.75) is 44.1 Å². The van der Waals surface area contributed by atoms with Gasteiger partial charge in [-0.1, -0.05) is 17.7 Å². The third kappa shape index (κ3) is 4.62. The molecule has 3 aliphatic rings. The van der Waals surface area contributed by atoms with Crippen LogP contribution < -0.4 is 11.1 Å². The first-order chi connectivity index (χ1) is 17.2. The van der Waals surface area contributed by atoms with Crippen LogP contribution in [0.25, 0.3) is 0 Å². The maximum Gasteiger partial charge on any atom is 0.333 e. The number of aryl methyl sites for hydroxylation is 1. The van der Waals surface area contributed by atoms with Crippen LogP contribution in [-0.2, 0) is 16.6 Å². The van der Waals surface area contributed by atoms with Crippen LogP contribution in [0.15, 0.2) is 29.8 Å². The first-order valence-electron chi connectivity index (χ1n) is 12.3. The van der Waals surface area contributed by atoms with Gasteiger partial charge in [0.05, 0.1) is 17.8 Å². The van der Waals surface area contributed by atoms with Gasteiger partial charge in [0.25, 0.3) is 5.91 Å². The van der Waals surface area contributed by atoms with Gasteiger partial charge in [0.1, 0.15) is 17.2 Å². The van der Waals surface area contributed by atoms with Crippen LogP contribution in [0, 0.1) is 17.7 Å². The molecule has 0 radical (unpaired) electrons. The number of nitrogen functional groups attached to an aromatic ring is 1. The average molecular weight is 516 g/mol. The largest absolute Gasteiger partial charge is 0.466 e. The van der Waals surface area contributed by atoms with E-state index >= 15 is 0 Å². The number of halogens is 2. The van der Waals surface area contributed by atoms with E-state index in [2.05, 4.69) is 15.3 Å². The van der Waals surface area contributed by atoms with Crippen molar-refractivity contribution in [3.8, 4) is 0 Å². The van der Waals surface area contributed by atoms with Crippen molar-refractivity contribution in [1.82, 2.24) is 14.7 Å². The minimum atomic E-state index is -0.545. The summed E-state index contributed by atoms with van der Waals surface area (Å²) in [5, 5.41) is 7.37. The molecule has 2 saturated carbocycles. The zero-order valence-electron chi connectivity index (χ0n) is 20.5. The fraction of sp³-hybridized carbons (Fsp3) is 0.500. The van der Waals surface area contributed by atoms with E-state index < -0.39 is 5.82 Å². The summed E-state index contributed by atoms with van der Waals surface area (Å²) in [6, 6.07) is 4.57. The lowest BCUT2D eigenvalue weighted by atomic mass is 9.94. The number of nitrogens with zero attached hydrogens (tertiary/aromatic N) is 3. The first kappa shape index (κ1) is 24.8. The first-order valence-corrected chi connectivity index (χ1v) is 12.7. The number of hydrogen-bond acceptors (Lipinski definition) is 6. The third-order valence-corrected chi connectivity index (χ3v) is 8.39. The molecule has 0 bridgehead atoms. The molecule has 5 rings (SSSR count). The number of carbonyl (C=O) groups excluding carboxylic acids is 2. The predicted molar refractivity (Wildman–Crippen MR) is 135 cm³/mol. The Morgan fingerprint density at radius 1 is 1.22 bits per heavy atom. The summed E-state index contributed by atoms with van der Waals surface area (Å²) in [7, 11) is 3.16. The second-order valence-corrected chi connectivity index (χ2v) is 10.5. The number of methoxy groups -OCH3 is 1. The van der Waals surface area contributed by atoms with E-state index in [0.717, 1.165) is 56.5 Å². The Balaban J connectivity index is 1.26. The van der Waals surface area contributed by atoms with Gasteiger partial charge in [0.15, 0.2) is 0 Å². The maximum absolute atomic E-state index is 13.5. The number of fused-ring (bicyclic) bond motifs is 1. The summed E-state index contributed by atoms with van der Waals surface area (Å²) >= 11 is 5.87. The summed E-state index contributed by atoms with van der Waals surface area (Å²) in [4.78, 5) is 27.5. The average Bonchev–Trinajstić information content (AvgIpc) is 3.53. The molecule has 1 aromatic heterocycles. The number of aromatic nitrogens is 2. The zero-order valence-corrected chi connectivity index (χ0v) is 21.2. The number of carbonyl (C=O) groups is 2. The summed E-state index contributed by atoms with van der Waals surface area (Å²) < 4.78 is 19.9. The number of hydrogen-bond donors (Lipinski definition) is 2. The third-order valence-electron chi connectivity index (χ3n) is 8.11. The number of ether oxygens (including phenoxy) is 1. The Bertz CT molecular complexity index is 1210. The minimum absolute atomic E-state index is 0.0592. The zero-order chi connectivity index (χ0) is 25.6. The lowest BCUT2D eigenvalue weighted by Crippen LogP contribution is -2.38. The van der Waals surface area contributed by atoms with Crippen molar-refractivity contribution in [3.63, 3.8) is 0 Å². The Kier molecular flexibility index (Phi) is 6.78. The highest BCUT2D eigenvalue weighted by Crippen LogP contribution is 2.52. The molecular weight excluding hydrogens is 485 g/mol. The number of esters is 1. The van der Waals surface area contributed by atoms with Gasteiger partial charge < -0.3 is 15.8 Å². The van der Waals surface area contributed by atoms with Crippen molar-refractivity contribution < 1.29 is 18.7 Å². The van der Waals surface area contributed by atoms with Crippen molar-refractivity contribution in [1.29, 1.82) is 0 Å². The van der Waals surface area contributed by atoms with Gasteiger partial charge in [0, 0.05) is 43.4 Å². The Labute approximate surface area is 214 Å². The molecule has 2 aliphatic carbocycles. The number of benzene rings is 1. The quantitative estimate of drug-likeness (QED) is 0.581. The lowest BCUT2D eigenvalue weighted by molar-refractivity contribution is -0.136. The summed E-state index contributed by atoms with van der Waals surface area (Å²) in [6.07, 6.45) is 6.89. The fourth-order valence-electron chi connectivity index (χ4n) is 6.28. The van der Waals surface area contributed by atoms with Crippen LogP contribution in [0.1, 0.15) is 54.1 Å². The molecule has 2 atom stereocenters. The van der Waals surface area contributed by atoms with E-state index in [1.807, 2.05) is 6.08 Å². The van der Waals surface area contributed by atoms with E-state index in [1.165, 1.54) is 25.3 Å². The van der Waals surface area contributed by atoms with Gasteiger partial charge in [-0.05, 0) is 62.1 Å². The van der Waals surface area contributed by atoms with Crippen LogP contribution in [0.2, 0.25) is 5.02 Å². The standard InChI is InChI=1S/C26H31ClFN5O3/c1-32-24(29)22(25(34)30-18-3-4-21(28)20(27)13-18)23(31-32)17-9-15-11-19(12-16(15)10-17)33-7-5-14(6-8-33)26(35)36-2/h3-5,13,15-17,19H,6-12,29H2,1-2H3,(H,30,34). The summed E-state index contributed by atoms with van der Waals surface area (Å²) in [5.74, 6) is 0.479. The number of anilines is 2. The Morgan fingerprint density at radius 3 is 2.56 bits per heavy atom. The number of nitrogens with one attached hydrogen (secondary N) is 1. The highest BCUT2D eigenvalue weighted by atomic mass is 35.5. The van der Waals surface area contributed by atoms with E-state index in [9.17, 15) is 14.0 Å². The minimum Gasteiger partial charge on any atom is -0.466 e. The van der Waals surface area contributed by atoms with Gasteiger partial charge >= 0.3 is 5.97 Å². The van der Waals surface area contributed by atoms with Gasteiger partial charge in [0.2, 0.25) is 0 Å². The second kappa shape index (κ2) is 9.86. The van der Waals surface area contributed by atoms with Gasteiger partial charge in [-0.2, -0.15) is 5.10 Å². The Morgan fingerprint density at radius 2 is 1.94 bits per heavy atom. The molecule has 2 aromatic rings.